The van der Waals surface area contributed by atoms with Crippen LogP contribution in [0.5, 0.6) is 5.75 Å². The molecule has 6 heteroatoms. The van der Waals surface area contributed by atoms with Gasteiger partial charge in [-0.3, -0.25) is 10.1 Å². The minimum absolute atomic E-state index is 0.0600. The van der Waals surface area contributed by atoms with E-state index < -0.39 is 4.92 Å². The number of rotatable bonds is 7. The van der Waals surface area contributed by atoms with Gasteiger partial charge in [-0.2, -0.15) is 0 Å². The number of nitro groups is 1. The summed E-state index contributed by atoms with van der Waals surface area (Å²) < 4.78 is 6.90. The standard InChI is InChI=1S/C20H17BrN2O3/c21-17-9-10-20(26-14-15-5-2-1-3-6-15)16(11-17)13-22-18-7-4-8-19(12-18)23(24)25/h1-12,22H,13-14H2. The number of ether oxygens (including phenoxy) is 1. The van der Waals surface area contributed by atoms with E-state index >= 15 is 0 Å². The van der Waals surface area contributed by atoms with Crippen molar-refractivity contribution in [3.8, 4) is 5.75 Å². The molecule has 0 unspecified atom stereocenters. The first kappa shape index (κ1) is 17.9. The molecule has 0 bridgehead atoms. The fourth-order valence-electron chi connectivity index (χ4n) is 2.49. The van der Waals surface area contributed by atoms with Gasteiger partial charge in [-0.05, 0) is 29.8 Å². The average Bonchev–Trinajstić information content (AvgIpc) is 2.66. The molecule has 132 valence electrons. The van der Waals surface area contributed by atoms with E-state index in [9.17, 15) is 10.1 Å². The van der Waals surface area contributed by atoms with E-state index in [1.165, 1.54) is 12.1 Å². The molecule has 0 aliphatic rings. The number of benzene rings is 3. The second kappa shape index (κ2) is 8.49. The largest absolute Gasteiger partial charge is 0.489 e. The Balaban J connectivity index is 1.71. The first-order chi connectivity index (χ1) is 12.6. The Morgan fingerprint density at radius 3 is 2.58 bits per heavy atom. The number of halogens is 1. The molecule has 0 spiro atoms. The fraction of sp³-hybridized carbons (Fsp3) is 0.100. The maximum absolute atomic E-state index is 10.9. The zero-order valence-electron chi connectivity index (χ0n) is 13.9. The number of hydrogen-bond acceptors (Lipinski definition) is 4. The van der Waals surface area contributed by atoms with Gasteiger partial charge in [0.15, 0.2) is 0 Å². The zero-order chi connectivity index (χ0) is 18.4. The molecule has 0 aliphatic carbocycles. The van der Waals surface area contributed by atoms with Crippen LogP contribution in [0.4, 0.5) is 11.4 Å². The lowest BCUT2D eigenvalue weighted by molar-refractivity contribution is -0.384. The number of nitro benzene ring substituents is 1. The van der Waals surface area contributed by atoms with Crippen molar-refractivity contribution in [1.29, 1.82) is 0 Å². The normalized spacial score (nSPS) is 10.3. The van der Waals surface area contributed by atoms with Crippen molar-refractivity contribution < 1.29 is 9.66 Å². The van der Waals surface area contributed by atoms with E-state index in [4.69, 9.17) is 4.74 Å². The number of non-ortho nitro benzene ring substituents is 1. The first-order valence-corrected chi connectivity index (χ1v) is 8.84. The molecule has 0 saturated heterocycles. The summed E-state index contributed by atoms with van der Waals surface area (Å²) in [6.45, 7) is 0.969. The number of nitrogens with one attached hydrogen (secondary N) is 1. The summed E-state index contributed by atoms with van der Waals surface area (Å²) >= 11 is 3.48. The van der Waals surface area contributed by atoms with Crippen LogP contribution >= 0.6 is 15.9 Å². The number of nitrogens with zero attached hydrogens (tertiary/aromatic N) is 1. The molecule has 5 nitrogen and oxygen atoms in total. The predicted molar refractivity (Wildman–Crippen MR) is 105 cm³/mol. The van der Waals surface area contributed by atoms with Gasteiger partial charge in [0.05, 0.1) is 4.92 Å². The van der Waals surface area contributed by atoms with E-state index in [1.807, 2.05) is 48.5 Å². The topological polar surface area (TPSA) is 64.4 Å². The monoisotopic (exact) mass is 412 g/mol. The minimum Gasteiger partial charge on any atom is -0.489 e. The molecule has 26 heavy (non-hydrogen) atoms. The van der Waals surface area contributed by atoms with Gasteiger partial charge < -0.3 is 10.1 Å². The van der Waals surface area contributed by atoms with Gasteiger partial charge >= 0.3 is 0 Å². The van der Waals surface area contributed by atoms with Crippen LogP contribution in [0.3, 0.4) is 0 Å². The van der Waals surface area contributed by atoms with Gasteiger partial charge in [-0.15, -0.1) is 0 Å². The van der Waals surface area contributed by atoms with Crippen molar-refractivity contribution in [2.75, 3.05) is 5.32 Å². The Kier molecular flexibility index (Phi) is 5.86. The smallest absolute Gasteiger partial charge is 0.271 e. The lowest BCUT2D eigenvalue weighted by atomic mass is 10.2. The van der Waals surface area contributed by atoms with Crippen LogP contribution in [0.25, 0.3) is 0 Å². The third-order valence-electron chi connectivity index (χ3n) is 3.80. The van der Waals surface area contributed by atoms with E-state index in [2.05, 4.69) is 21.2 Å². The van der Waals surface area contributed by atoms with Crippen LogP contribution in [0.2, 0.25) is 0 Å². The maximum Gasteiger partial charge on any atom is 0.271 e. The van der Waals surface area contributed by atoms with E-state index in [0.717, 1.165) is 21.3 Å². The summed E-state index contributed by atoms with van der Waals surface area (Å²) in [5.74, 6) is 0.773. The summed E-state index contributed by atoms with van der Waals surface area (Å²) in [5.41, 5.74) is 2.80. The summed E-state index contributed by atoms with van der Waals surface area (Å²) in [6, 6.07) is 22.2. The Hall–Kier alpha value is -2.86. The predicted octanol–water partition coefficient (Wildman–Crippen LogP) is 5.55. The van der Waals surface area contributed by atoms with Crippen molar-refractivity contribution >= 4 is 27.3 Å². The number of hydrogen-bond donors (Lipinski definition) is 1. The molecule has 0 saturated carbocycles. The third-order valence-corrected chi connectivity index (χ3v) is 4.29. The molecule has 0 amide bonds. The van der Waals surface area contributed by atoms with Gasteiger partial charge in [-0.25, -0.2) is 0 Å². The quantitative estimate of drug-likeness (QED) is 0.408. The molecule has 1 N–H and O–H groups in total. The average molecular weight is 413 g/mol. The molecular formula is C20H17BrN2O3. The van der Waals surface area contributed by atoms with E-state index in [-0.39, 0.29) is 5.69 Å². The SMILES string of the molecule is O=[N+]([O-])c1cccc(NCc2cc(Br)ccc2OCc2ccccc2)c1. The molecule has 0 heterocycles. The van der Waals surface area contributed by atoms with Gasteiger partial charge in [0.2, 0.25) is 0 Å². The molecule has 0 aromatic heterocycles. The fourth-order valence-corrected chi connectivity index (χ4v) is 2.90. The highest BCUT2D eigenvalue weighted by molar-refractivity contribution is 9.10. The Morgan fingerprint density at radius 2 is 1.81 bits per heavy atom. The Labute approximate surface area is 159 Å². The van der Waals surface area contributed by atoms with Gasteiger partial charge in [0, 0.05) is 34.4 Å². The molecule has 3 aromatic rings. The highest BCUT2D eigenvalue weighted by Gasteiger charge is 2.08. The highest BCUT2D eigenvalue weighted by Crippen LogP contribution is 2.26. The Morgan fingerprint density at radius 1 is 1.00 bits per heavy atom. The highest BCUT2D eigenvalue weighted by atomic mass is 79.9. The lowest BCUT2D eigenvalue weighted by Gasteiger charge is -2.13. The maximum atomic E-state index is 10.9. The third kappa shape index (κ3) is 4.83. The van der Waals surface area contributed by atoms with E-state index in [1.54, 1.807) is 12.1 Å². The van der Waals surface area contributed by atoms with Crippen molar-refractivity contribution in [2.45, 2.75) is 13.2 Å². The minimum atomic E-state index is -0.404. The van der Waals surface area contributed by atoms with Crippen LogP contribution in [0.15, 0.2) is 77.3 Å². The molecular weight excluding hydrogens is 396 g/mol. The molecule has 3 aromatic carbocycles. The zero-order valence-corrected chi connectivity index (χ0v) is 15.5. The lowest BCUT2D eigenvalue weighted by Crippen LogP contribution is -2.04. The number of anilines is 1. The molecule has 0 aliphatic heterocycles. The summed E-state index contributed by atoms with van der Waals surface area (Å²) in [5, 5.41) is 14.1. The second-order valence-corrected chi connectivity index (χ2v) is 6.60. The molecule has 0 atom stereocenters. The molecule has 3 rings (SSSR count). The summed E-state index contributed by atoms with van der Waals surface area (Å²) in [4.78, 5) is 10.5. The van der Waals surface area contributed by atoms with Crippen LogP contribution in [0.1, 0.15) is 11.1 Å². The van der Waals surface area contributed by atoms with Crippen LogP contribution in [-0.2, 0) is 13.2 Å². The summed E-state index contributed by atoms with van der Waals surface area (Å²) in [6.07, 6.45) is 0. The van der Waals surface area contributed by atoms with Gasteiger partial charge in [-0.1, -0.05) is 52.3 Å². The van der Waals surface area contributed by atoms with Crippen molar-refractivity contribution in [3.05, 3.63) is 98.5 Å². The Bertz CT molecular complexity index is 901. The van der Waals surface area contributed by atoms with Crippen molar-refractivity contribution in [3.63, 3.8) is 0 Å². The van der Waals surface area contributed by atoms with Crippen LogP contribution < -0.4 is 10.1 Å². The van der Waals surface area contributed by atoms with Crippen LogP contribution in [-0.4, -0.2) is 4.92 Å². The first-order valence-electron chi connectivity index (χ1n) is 8.05. The van der Waals surface area contributed by atoms with Gasteiger partial charge in [0.25, 0.3) is 5.69 Å². The summed E-state index contributed by atoms with van der Waals surface area (Å²) in [7, 11) is 0. The molecule has 0 fully saturated rings. The van der Waals surface area contributed by atoms with E-state index in [0.29, 0.717) is 18.8 Å². The molecule has 0 radical (unpaired) electrons. The van der Waals surface area contributed by atoms with Crippen LogP contribution in [0, 0.1) is 10.1 Å². The second-order valence-electron chi connectivity index (χ2n) is 5.69. The van der Waals surface area contributed by atoms with Crippen molar-refractivity contribution in [1.82, 2.24) is 0 Å². The van der Waals surface area contributed by atoms with Gasteiger partial charge in [0.1, 0.15) is 12.4 Å². The van der Waals surface area contributed by atoms with Crippen molar-refractivity contribution in [2.24, 2.45) is 0 Å².